The van der Waals surface area contributed by atoms with E-state index in [1.807, 2.05) is 20.8 Å². The molecule has 0 unspecified atom stereocenters. The molecule has 1 heterocycles. The van der Waals surface area contributed by atoms with Crippen molar-refractivity contribution in [2.45, 2.75) is 32.3 Å². The largest absolute Gasteiger partial charge is 0.326 e. The van der Waals surface area contributed by atoms with Gasteiger partial charge < -0.3 is 5.73 Å². The number of hydrogen-bond acceptors (Lipinski definition) is 4. The minimum Gasteiger partial charge on any atom is -0.326 e. The van der Waals surface area contributed by atoms with E-state index in [4.69, 9.17) is 5.73 Å². The molecule has 0 atom stereocenters. The van der Waals surface area contributed by atoms with Crippen LogP contribution >= 0.6 is 0 Å². The van der Waals surface area contributed by atoms with E-state index in [-0.39, 0.29) is 16.2 Å². The SMILES string of the molecule is CC(C)(C)CS(=O)(=O)c1ccc(CN)cn1. The molecule has 4 nitrogen and oxygen atoms in total. The third-order valence-electron chi connectivity index (χ3n) is 1.97. The summed E-state index contributed by atoms with van der Waals surface area (Å²) in [5.74, 6) is 0.0922. The molecule has 0 fully saturated rings. The second-order valence-corrected chi connectivity index (χ2v) is 6.97. The Hall–Kier alpha value is -0.940. The van der Waals surface area contributed by atoms with Crippen molar-refractivity contribution in [3.05, 3.63) is 23.9 Å². The molecule has 1 aromatic heterocycles. The molecule has 0 spiro atoms. The summed E-state index contributed by atoms with van der Waals surface area (Å²) < 4.78 is 23.9. The van der Waals surface area contributed by atoms with Crippen molar-refractivity contribution in [2.24, 2.45) is 11.1 Å². The summed E-state index contributed by atoms with van der Waals surface area (Å²) in [6, 6.07) is 3.21. The van der Waals surface area contributed by atoms with Gasteiger partial charge in [0.1, 0.15) is 0 Å². The number of sulfone groups is 1. The normalized spacial score (nSPS) is 12.8. The third-order valence-corrected chi connectivity index (χ3v) is 4.10. The van der Waals surface area contributed by atoms with Gasteiger partial charge in [-0.15, -0.1) is 0 Å². The van der Waals surface area contributed by atoms with E-state index in [2.05, 4.69) is 4.98 Å². The molecule has 0 bridgehead atoms. The Morgan fingerprint density at radius 2 is 1.94 bits per heavy atom. The van der Waals surface area contributed by atoms with E-state index in [9.17, 15) is 8.42 Å². The Kier molecular flexibility index (Phi) is 3.70. The third kappa shape index (κ3) is 3.57. The quantitative estimate of drug-likeness (QED) is 0.868. The molecule has 90 valence electrons. The van der Waals surface area contributed by atoms with Crippen LogP contribution < -0.4 is 5.73 Å². The minimum absolute atomic E-state index is 0.0922. The van der Waals surface area contributed by atoms with Crippen molar-refractivity contribution in [3.63, 3.8) is 0 Å². The van der Waals surface area contributed by atoms with E-state index in [1.54, 1.807) is 6.07 Å². The second-order valence-electron chi connectivity index (χ2n) is 5.03. The molecule has 0 amide bonds. The lowest BCUT2D eigenvalue weighted by Crippen LogP contribution is -2.21. The standard InChI is InChI=1S/C11H18N2O2S/c1-11(2,3)8-16(14,15)10-5-4-9(6-12)7-13-10/h4-5,7H,6,8,12H2,1-3H3. The van der Waals surface area contributed by atoms with Crippen molar-refractivity contribution in [3.8, 4) is 0 Å². The fourth-order valence-corrected chi connectivity index (χ4v) is 3.14. The fraction of sp³-hybridized carbons (Fsp3) is 0.545. The second kappa shape index (κ2) is 4.51. The van der Waals surface area contributed by atoms with Crippen LogP contribution in [0.1, 0.15) is 26.3 Å². The van der Waals surface area contributed by atoms with Crippen LogP contribution in [0, 0.1) is 5.41 Å². The van der Waals surface area contributed by atoms with Crippen molar-refractivity contribution in [2.75, 3.05) is 5.75 Å². The number of rotatable bonds is 3. The molecule has 5 heteroatoms. The van der Waals surface area contributed by atoms with Crippen LogP contribution in [0.4, 0.5) is 0 Å². The summed E-state index contributed by atoms with van der Waals surface area (Å²) >= 11 is 0. The Morgan fingerprint density at radius 3 is 2.31 bits per heavy atom. The zero-order valence-corrected chi connectivity index (χ0v) is 10.7. The first-order chi connectivity index (χ1) is 7.24. The number of nitrogens with zero attached hydrogens (tertiary/aromatic N) is 1. The lowest BCUT2D eigenvalue weighted by molar-refractivity contribution is 0.461. The maximum absolute atomic E-state index is 12.0. The van der Waals surface area contributed by atoms with E-state index in [0.29, 0.717) is 6.54 Å². The van der Waals surface area contributed by atoms with Crippen molar-refractivity contribution in [1.29, 1.82) is 0 Å². The molecule has 16 heavy (non-hydrogen) atoms. The van der Waals surface area contributed by atoms with Gasteiger partial charge in [0.2, 0.25) is 0 Å². The van der Waals surface area contributed by atoms with Gasteiger partial charge in [-0.3, -0.25) is 0 Å². The highest BCUT2D eigenvalue weighted by atomic mass is 32.2. The van der Waals surface area contributed by atoms with Crippen LogP contribution in [0.25, 0.3) is 0 Å². The average molecular weight is 242 g/mol. The van der Waals surface area contributed by atoms with Gasteiger partial charge in [0.05, 0.1) is 5.75 Å². The molecular weight excluding hydrogens is 224 g/mol. The molecule has 0 saturated heterocycles. The van der Waals surface area contributed by atoms with Gasteiger partial charge in [-0.25, -0.2) is 13.4 Å². The minimum atomic E-state index is -3.29. The smallest absolute Gasteiger partial charge is 0.196 e. The van der Waals surface area contributed by atoms with Crippen LogP contribution in [0.2, 0.25) is 0 Å². The summed E-state index contributed by atoms with van der Waals surface area (Å²) in [6.45, 7) is 6.03. The Morgan fingerprint density at radius 1 is 1.31 bits per heavy atom. The Balaban J connectivity index is 2.99. The molecule has 0 aromatic carbocycles. The Labute approximate surface area is 96.8 Å². The maximum Gasteiger partial charge on any atom is 0.196 e. The van der Waals surface area contributed by atoms with E-state index in [1.165, 1.54) is 12.3 Å². The molecule has 0 radical (unpaired) electrons. The first kappa shape index (κ1) is 13.1. The lowest BCUT2D eigenvalue weighted by Gasteiger charge is -2.17. The van der Waals surface area contributed by atoms with Crippen LogP contribution in [0.3, 0.4) is 0 Å². The highest BCUT2D eigenvalue weighted by molar-refractivity contribution is 7.91. The summed E-state index contributed by atoms with van der Waals surface area (Å²) in [7, 11) is -3.29. The Bertz CT molecular complexity index is 444. The van der Waals surface area contributed by atoms with Gasteiger partial charge in [-0.1, -0.05) is 26.8 Å². The molecule has 0 aliphatic heterocycles. The first-order valence-electron chi connectivity index (χ1n) is 5.12. The summed E-state index contributed by atoms with van der Waals surface area (Å²) in [4.78, 5) is 3.94. The lowest BCUT2D eigenvalue weighted by atomic mass is 10.0. The summed E-state index contributed by atoms with van der Waals surface area (Å²) in [5.41, 5.74) is 5.98. The molecule has 0 aliphatic rings. The predicted octanol–water partition coefficient (Wildman–Crippen LogP) is 1.36. The molecule has 1 rings (SSSR count). The van der Waals surface area contributed by atoms with Gasteiger partial charge in [0.15, 0.2) is 14.9 Å². The van der Waals surface area contributed by atoms with Gasteiger partial charge in [0, 0.05) is 12.7 Å². The molecular formula is C11H18N2O2S. The summed E-state index contributed by atoms with van der Waals surface area (Å²) in [6.07, 6.45) is 1.51. The fourth-order valence-electron chi connectivity index (χ4n) is 1.36. The first-order valence-corrected chi connectivity index (χ1v) is 6.77. The molecule has 1 aromatic rings. The topological polar surface area (TPSA) is 73.0 Å². The van der Waals surface area contributed by atoms with Crippen LogP contribution in [0.15, 0.2) is 23.4 Å². The summed E-state index contributed by atoms with van der Waals surface area (Å²) in [5, 5.41) is 0.125. The van der Waals surface area contributed by atoms with Gasteiger partial charge >= 0.3 is 0 Å². The van der Waals surface area contributed by atoms with Crippen molar-refractivity contribution in [1.82, 2.24) is 4.98 Å². The maximum atomic E-state index is 12.0. The number of nitrogens with two attached hydrogens (primary N) is 1. The van der Waals surface area contributed by atoms with Crippen LogP contribution in [-0.4, -0.2) is 19.2 Å². The van der Waals surface area contributed by atoms with E-state index in [0.717, 1.165) is 5.56 Å². The zero-order chi connectivity index (χ0) is 12.4. The van der Waals surface area contributed by atoms with E-state index < -0.39 is 9.84 Å². The monoisotopic (exact) mass is 242 g/mol. The molecule has 2 N–H and O–H groups in total. The predicted molar refractivity (Wildman–Crippen MR) is 63.6 cm³/mol. The van der Waals surface area contributed by atoms with Crippen molar-refractivity contribution < 1.29 is 8.42 Å². The highest BCUT2D eigenvalue weighted by Crippen LogP contribution is 2.20. The van der Waals surface area contributed by atoms with Crippen LogP contribution in [0.5, 0.6) is 0 Å². The highest BCUT2D eigenvalue weighted by Gasteiger charge is 2.24. The average Bonchev–Trinajstić information content (AvgIpc) is 2.14. The van der Waals surface area contributed by atoms with Gasteiger partial charge in [-0.2, -0.15) is 0 Å². The van der Waals surface area contributed by atoms with E-state index >= 15 is 0 Å². The zero-order valence-electron chi connectivity index (χ0n) is 9.90. The number of aromatic nitrogens is 1. The molecule has 0 aliphatic carbocycles. The van der Waals surface area contributed by atoms with Crippen LogP contribution in [-0.2, 0) is 16.4 Å². The van der Waals surface area contributed by atoms with Crippen molar-refractivity contribution >= 4 is 9.84 Å². The van der Waals surface area contributed by atoms with Gasteiger partial charge in [-0.05, 0) is 17.0 Å². The molecule has 0 saturated carbocycles. The van der Waals surface area contributed by atoms with Gasteiger partial charge in [0.25, 0.3) is 0 Å². The number of pyridine rings is 1. The number of hydrogen-bond donors (Lipinski definition) is 1.